The molecule has 1 fully saturated rings. The Morgan fingerprint density at radius 1 is 0.844 bits per heavy atom. The summed E-state index contributed by atoms with van der Waals surface area (Å²) in [5, 5.41) is 3.37. The average Bonchev–Trinajstić information content (AvgIpc) is 3.56. The van der Waals surface area contributed by atoms with E-state index in [9.17, 15) is 18.0 Å². The van der Waals surface area contributed by atoms with Gasteiger partial charge in [-0.3, -0.25) is 13.9 Å². The molecule has 0 saturated heterocycles. The first kappa shape index (κ1) is 32.7. The predicted molar refractivity (Wildman–Crippen MR) is 181 cm³/mol. The first-order chi connectivity index (χ1) is 21.7. The first-order valence-electron chi connectivity index (χ1n) is 14.9. The molecule has 10 heteroatoms. The number of nitrogens with one attached hydrogen (secondary N) is 1. The van der Waals surface area contributed by atoms with Gasteiger partial charge in [0.25, 0.3) is 10.0 Å². The number of halogens is 2. The fourth-order valence-corrected chi connectivity index (χ4v) is 7.83. The van der Waals surface area contributed by atoms with Crippen molar-refractivity contribution >= 4 is 55.1 Å². The zero-order chi connectivity index (χ0) is 31.8. The van der Waals surface area contributed by atoms with Crippen LogP contribution in [0.1, 0.15) is 36.8 Å². The molecule has 1 aliphatic carbocycles. The number of hydrogen-bond donors (Lipinski definition) is 1. The van der Waals surface area contributed by atoms with Crippen LogP contribution in [0.5, 0.6) is 0 Å². The number of carbonyl (C=O) groups is 2. The third-order valence-corrected chi connectivity index (χ3v) is 10.5. The van der Waals surface area contributed by atoms with Crippen molar-refractivity contribution in [3.63, 3.8) is 0 Å². The van der Waals surface area contributed by atoms with E-state index >= 15 is 0 Å². The van der Waals surface area contributed by atoms with Crippen molar-refractivity contribution in [2.24, 2.45) is 0 Å². The van der Waals surface area contributed by atoms with E-state index in [4.69, 9.17) is 11.6 Å². The Morgan fingerprint density at radius 2 is 1.47 bits per heavy atom. The van der Waals surface area contributed by atoms with E-state index in [-0.39, 0.29) is 40.5 Å². The molecular weight excluding hydrogens is 674 g/mol. The molecule has 5 rings (SSSR count). The average molecular weight is 709 g/mol. The van der Waals surface area contributed by atoms with Gasteiger partial charge in [-0.2, -0.15) is 0 Å². The summed E-state index contributed by atoms with van der Waals surface area (Å²) < 4.78 is 30.0. The van der Waals surface area contributed by atoms with E-state index < -0.39 is 28.5 Å². The SMILES string of the molecule is O=C(NC1CCCC1)[C@H](Cc1ccccc1)N(Cc1cccc(Br)c1)C(=O)CN(c1ccccc1Cl)S(=O)(=O)c1ccccc1. The number of carbonyl (C=O) groups excluding carboxylic acids is 2. The summed E-state index contributed by atoms with van der Waals surface area (Å²) in [4.78, 5) is 30.2. The van der Waals surface area contributed by atoms with Crippen molar-refractivity contribution in [2.75, 3.05) is 10.8 Å². The number of amides is 2. The van der Waals surface area contributed by atoms with Crippen LogP contribution in [0.4, 0.5) is 5.69 Å². The number of benzene rings is 4. The van der Waals surface area contributed by atoms with Gasteiger partial charge in [-0.15, -0.1) is 0 Å². The van der Waals surface area contributed by atoms with Crippen molar-refractivity contribution in [3.05, 3.63) is 130 Å². The lowest BCUT2D eigenvalue weighted by atomic mass is 10.0. The molecule has 0 heterocycles. The molecule has 4 aromatic rings. The number of anilines is 1. The molecule has 0 spiro atoms. The summed E-state index contributed by atoms with van der Waals surface area (Å²) >= 11 is 10.1. The number of sulfonamides is 1. The van der Waals surface area contributed by atoms with Gasteiger partial charge in [-0.25, -0.2) is 8.42 Å². The van der Waals surface area contributed by atoms with E-state index in [1.807, 2.05) is 54.6 Å². The summed E-state index contributed by atoms with van der Waals surface area (Å²) in [6.07, 6.45) is 4.12. The molecule has 234 valence electrons. The van der Waals surface area contributed by atoms with Gasteiger partial charge in [-0.05, 0) is 60.4 Å². The second kappa shape index (κ2) is 15.1. The highest BCUT2D eigenvalue weighted by atomic mass is 79.9. The third-order valence-electron chi connectivity index (χ3n) is 7.95. The maximum atomic E-state index is 14.6. The molecule has 0 aliphatic heterocycles. The van der Waals surface area contributed by atoms with Crippen molar-refractivity contribution < 1.29 is 18.0 Å². The topological polar surface area (TPSA) is 86.8 Å². The van der Waals surface area contributed by atoms with Gasteiger partial charge in [-0.1, -0.05) is 113 Å². The number of hydrogen-bond acceptors (Lipinski definition) is 4. The summed E-state index contributed by atoms with van der Waals surface area (Å²) in [5.41, 5.74) is 1.85. The second-order valence-corrected chi connectivity index (χ2v) is 14.3. The minimum atomic E-state index is -4.21. The van der Waals surface area contributed by atoms with Crippen LogP contribution >= 0.6 is 27.5 Å². The molecule has 2 amide bonds. The zero-order valence-corrected chi connectivity index (χ0v) is 27.8. The van der Waals surface area contributed by atoms with E-state index in [2.05, 4.69) is 21.2 Å². The van der Waals surface area contributed by atoms with Crippen LogP contribution in [0.3, 0.4) is 0 Å². The number of rotatable bonds is 12. The minimum absolute atomic E-state index is 0.0241. The third kappa shape index (κ3) is 8.34. The predicted octanol–water partition coefficient (Wildman–Crippen LogP) is 7.00. The zero-order valence-electron chi connectivity index (χ0n) is 24.7. The molecule has 0 aromatic heterocycles. The highest BCUT2D eigenvalue weighted by Gasteiger charge is 2.36. The van der Waals surface area contributed by atoms with E-state index in [1.165, 1.54) is 17.0 Å². The Balaban J connectivity index is 1.57. The van der Waals surface area contributed by atoms with Gasteiger partial charge in [0.05, 0.1) is 15.6 Å². The lowest BCUT2D eigenvalue weighted by Crippen LogP contribution is -2.54. The molecular formula is C35H35BrClN3O4S. The molecule has 1 aliphatic rings. The van der Waals surface area contributed by atoms with E-state index in [0.29, 0.717) is 0 Å². The van der Waals surface area contributed by atoms with Gasteiger partial charge in [0.1, 0.15) is 12.6 Å². The Labute approximate surface area is 278 Å². The van der Waals surface area contributed by atoms with E-state index in [0.717, 1.165) is 45.6 Å². The molecule has 1 atom stereocenters. The normalized spacial score (nSPS) is 14.1. The molecule has 4 aromatic carbocycles. The molecule has 0 bridgehead atoms. The Kier molecular flexibility index (Phi) is 11.0. The van der Waals surface area contributed by atoms with Crippen molar-refractivity contribution in [1.82, 2.24) is 10.2 Å². The summed E-state index contributed by atoms with van der Waals surface area (Å²) in [7, 11) is -4.21. The second-order valence-electron chi connectivity index (χ2n) is 11.1. The van der Waals surface area contributed by atoms with Crippen molar-refractivity contribution in [1.29, 1.82) is 0 Å². The molecule has 45 heavy (non-hydrogen) atoms. The van der Waals surface area contributed by atoms with E-state index in [1.54, 1.807) is 42.5 Å². The Morgan fingerprint density at radius 3 is 2.13 bits per heavy atom. The molecule has 1 saturated carbocycles. The smallest absolute Gasteiger partial charge is 0.264 e. The van der Waals surface area contributed by atoms with Crippen LogP contribution in [0, 0.1) is 0 Å². The van der Waals surface area contributed by atoms with Crippen molar-refractivity contribution in [2.45, 2.75) is 55.6 Å². The maximum Gasteiger partial charge on any atom is 0.264 e. The fraction of sp³-hybridized carbons (Fsp3) is 0.257. The van der Waals surface area contributed by atoms with Crippen molar-refractivity contribution in [3.8, 4) is 0 Å². The Bertz CT molecular complexity index is 1720. The van der Waals surface area contributed by atoms with Gasteiger partial charge in [0.2, 0.25) is 11.8 Å². The van der Waals surface area contributed by atoms with Gasteiger partial charge < -0.3 is 10.2 Å². The van der Waals surface area contributed by atoms with Crippen LogP contribution in [0.25, 0.3) is 0 Å². The first-order valence-corrected chi connectivity index (χ1v) is 17.5. The lowest BCUT2D eigenvalue weighted by Gasteiger charge is -2.34. The van der Waals surface area contributed by atoms with Crippen LogP contribution in [0.15, 0.2) is 119 Å². The minimum Gasteiger partial charge on any atom is -0.352 e. The lowest BCUT2D eigenvalue weighted by molar-refractivity contribution is -0.140. The molecule has 0 radical (unpaired) electrons. The molecule has 7 nitrogen and oxygen atoms in total. The monoisotopic (exact) mass is 707 g/mol. The summed E-state index contributed by atoms with van der Waals surface area (Å²) in [5.74, 6) is -0.791. The Hall–Kier alpha value is -3.66. The fourth-order valence-electron chi connectivity index (χ4n) is 5.64. The van der Waals surface area contributed by atoms with Crippen LogP contribution in [-0.4, -0.2) is 43.8 Å². The molecule has 0 unspecified atom stereocenters. The van der Waals surface area contributed by atoms with Gasteiger partial charge in [0.15, 0.2) is 0 Å². The number of nitrogens with zero attached hydrogens (tertiary/aromatic N) is 2. The number of para-hydroxylation sites is 1. The quantitative estimate of drug-likeness (QED) is 0.172. The maximum absolute atomic E-state index is 14.6. The standard InChI is InChI=1S/C35H35BrClN3O4S/c36-28-15-11-14-27(22-28)24-39(33(23-26-12-3-1-4-13-26)35(42)38-29-16-7-8-17-29)34(41)25-40(32-21-10-9-20-31(32)37)45(43,44)30-18-5-2-6-19-30/h1-6,9-15,18-22,29,33H,7-8,16-17,23-25H2,(H,38,42)/t33-/m0/s1. The van der Waals surface area contributed by atoms with Crippen LogP contribution < -0.4 is 9.62 Å². The largest absolute Gasteiger partial charge is 0.352 e. The molecule has 1 N–H and O–H groups in total. The van der Waals surface area contributed by atoms with Crippen LogP contribution in [0.2, 0.25) is 5.02 Å². The highest BCUT2D eigenvalue weighted by Crippen LogP contribution is 2.31. The summed E-state index contributed by atoms with van der Waals surface area (Å²) in [6.45, 7) is -0.466. The van der Waals surface area contributed by atoms with Crippen LogP contribution in [-0.2, 0) is 32.6 Å². The summed E-state index contributed by atoms with van der Waals surface area (Å²) in [6, 6.07) is 30.7. The highest BCUT2D eigenvalue weighted by molar-refractivity contribution is 9.10. The van der Waals surface area contributed by atoms with Gasteiger partial charge >= 0.3 is 0 Å². The van der Waals surface area contributed by atoms with Gasteiger partial charge in [0, 0.05) is 23.5 Å².